The topological polar surface area (TPSA) is 47.3 Å². The molecule has 1 rings (SSSR count). The summed E-state index contributed by atoms with van der Waals surface area (Å²) < 4.78 is 5.41. The fraction of sp³-hybridized carbons (Fsp3) is 1.00. The van der Waals surface area contributed by atoms with Crippen molar-refractivity contribution in [3.63, 3.8) is 0 Å². The lowest BCUT2D eigenvalue weighted by molar-refractivity contribution is 0.0431. The van der Waals surface area contributed by atoms with E-state index in [2.05, 4.69) is 33.0 Å². The molecule has 1 aliphatic rings. The van der Waals surface area contributed by atoms with Gasteiger partial charge < -0.3 is 15.8 Å². The summed E-state index contributed by atoms with van der Waals surface area (Å²) in [5, 5.41) is 3.71. The fourth-order valence-electron chi connectivity index (χ4n) is 2.49. The first kappa shape index (κ1) is 14.9. The molecule has 3 heteroatoms. The van der Waals surface area contributed by atoms with Crippen molar-refractivity contribution in [2.24, 2.45) is 17.1 Å². The van der Waals surface area contributed by atoms with Gasteiger partial charge in [0.05, 0.1) is 0 Å². The average molecular weight is 242 g/mol. The van der Waals surface area contributed by atoms with Crippen molar-refractivity contribution >= 4 is 0 Å². The minimum absolute atomic E-state index is 0.254. The van der Waals surface area contributed by atoms with Crippen LogP contribution in [-0.4, -0.2) is 31.8 Å². The zero-order chi connectivity index (χ0) is 12.9. The molecule has 1 unspecified atom stereocenters. The molecule has 17 heavy (non-hydrogen) atoms. The van der Waals surface area contributed by atoms with Crippen LogP contribution in [0.25, 0.3) is 0 Å². The highest BCUT2D eigenvalue weighted by atomic mass is 16.5. The van der Waals surface area contributed by atoms with Crippen LogP contribution in [0.1, 0.15) is 47.0 Å². The van der Waals surface area contributed by atoms with E-state index in [0.717, 1.165) is 39.1 Å². The van der Waals surface area contributed by atoms with Crippen molar-refractivity contribution in [2.45, 2.75) is 52.5 Å². The van der Waals surface area contributed by atoms with Crippen molar-refractivity contribution in [3.8, 4) is 0 Å². The standard InChI is InChI=1S/C14H30N2O/c1-13(2,3)9-12(10-15)11-16-14(4)5-7-17-8-6-14/h12,16H,5-11,15H2,1-4H3. The van der Waals surface area contributed by atoms with Gasteiger partial charge in [-0.25, -0.2) is 0 Å². The first-order chi connectivity index (χ1) is 7.85. The first-order valence-corrected chi connectivity index (χ1v) is 6.87. The van der Waals surface area contributed by atoms with Crippen molar-refractivity contribution in [3.05, 3.63) is 0 Å². The summed E-state index contributed by atoms with van der Waals surface area (Å²) in [6, 6.07) is 0. The number of rotatable bonds is 5. The van der Waals surface area contributed by atoms with Gasteiger partial charge in [0.15, 0.2) is 0 Å². The summed E-state index contributed by atoms with van der Waals surface area (Å²) in [4.78, 5) is 0. The highest BCUT2D eigenvalue weighted by Crippen LogP contribution is 2.25. The molecule has 1 fully saturated rings. The number of nitrogens with one attached hydrogen (secondary N) is 1. The summed E-state index contributed by atoms with van der Waals surface area (Å²) in [6.45, 7) is 12.7. The number of hydrogen-bond donors (Lipinski definition) is 2. The van der Waals surface area contributed by atoms with Crippen molar-refractivity contribution in [1.29, 1.82) is 0 Å². The summed E-state index contributed by atoms with van der Waals surface area (Å²) >= 11 is 0. The van der Waals surface area contributed by atoms with Crippen molar-refractivity contribution in [2.75, 3.05) is 26.3 Å². The average Bonchev–Trinajstić information content (AvgIpc) is 2.24. The molecule has 0 radical (unpaired) electrons. The molecule has 1 saturated heterocycles. The van der Waals surface area contributed by atoms with Gasteiger partial charge in [-0.1, -0.05) is 20.8 Å². The van der Waals surface area contributed by atoms with Gasteiger partial charge in [-0.2, -0.15) is 0 Å². The lowest BCUT2D eigenvalue weighted by Gasteiger charge is -2.36. The Balaban J connectivity index is 2.36. The first-order valence-electron chi connectivity index (χ1n) is 6.87. The molecule has 3 N–H and O–H groups in total. The molecule has 1 heterocycles. The van der Waals surface area contributed by atoms with Gasteiger partial charge in [-0.3, -0.25) is 0 Å². The van der Waals surface area contributed by atoms with Crippen LogP contribution in [-0.2, 0) is 4.74 Å². The van der Waals surface area contributed by atoms with E-state index in [0.29, 0.717) is 11.3 Å². The zero-order valence-electron chi connectivity index (χ0n) is 12.0. The summed E-state index contributed by atoms with van der Waals surface area (Å²) in [7, 11) is 0. The van der Waals surface area contributed by atoms with Gasteiger partial charge in [-0.15, -0.1) is 0 Å². The minimum atomic E-state index is 0.254. The number of nitrogens with two attached hydrogens (primary N) is 1. The third-order valence-corrected chi connectivity index (χ3v) is 3.65. The van der Waals surface area contributed by atoms with Crippen LogP contribution in [0.2, 0.25) is 0 Å². The molecule has 0 aliphatic carbocycles. The molecular weight excluding hydrogens is 212 g/mol. The van der Waals surface area contributed by atoms with Crippen LogP contribution in [0.15, 0.2) is 0 Å². The Morgan fingerprint density at radius 1 is 1.29 bits per heavy atom. The Kier molecular flexibility index (Phi) is 5.42. The van der Waals surface area contributed by atoms with Crippen LogP contribution in [0.3, 0.4) is 0 Å². The van der Waals surface area contributed by atoms with E-state index in [1.807, 2.05) is 0 Å². The highest BCUT2D eigenvalue weighted by molar-refractivity contribution is 4.86. The van der Waals surface area contributed by atoms with E-state index >= 15 is 0 Å². The highest BCUT2D eigenvalue weighted by Gasteiger charge is 2.28. The van der Waals surface area contributed by atoms with Crippen LogP contribution in [0.5, 0.6) is 0 Å². The predicted octanol–water partition coefficient (Wildman–Crippen LogP) is 2.16. The molecule has 1 aliphatic heterocycles. The quantitative estimate of drug-likeness (QED) is 0.776. The SMILES string of the molecule is CC(C)(C)CC(CN)CNC1(C)CCOCC1. The van der Waals surface area contributed by atoms with Crippen molar-refractivity contribution in [1.82, 2.24) is 5.32 Å². The normalized spacial score (nSPS) is 22.4. The van der Waals surface area contributed by atoms with Gasteiger partial charge in [0.25, 0.3) is 0 Å². The van der Waals surface area contributed by atoms with Gasteiger partial charge in [0.2, 0.25) is 0 Å². The summed E-state index contributed by atoms with van der Waals surface area (Å²) in [6.07, 6.45) is 3.41. The Hall–Kier alpha value is -0.120. The second-order valence-corrected chi connectivity index (χ2v) is 6.92. The Morgan fingerprint density at radius 3 is 2.35 bits per heavy atom. The largest absolute Gasteiger partial charge is 0.381 e. The molecule has 0 spiro atoms. The molecule has 3 nitrogen and oxygen atoms in total. The molecule has 0 bridgehead atoms. The molecule has 0 aromatic rings. The van der Waals surface area contributed by atoms with Gasteiger partial charge in [0, 0.05) is 18.8 Å². The van der Waals surface area contributed by atoms with E-state index in [4.69, 9.17) is 10.5 Å². The third-order valence-electron chi connectivity index (χ3n) is 3.65. The van der Waals surface area contributed by atoms with Crippen molar-refractivity contribution < 1.29 is 4.74 Å². The lowest BCUT2D eigenvalue weighted by atomic mass is 9.83. The van der Waals surface area contributed by atoms with Crippen LogP contribution in [0, 0.1) is 11.3 Å². The third kappa shape index (κ3) is 5.84. The van der Waals surface area contributed by atoms with E-state index in [9.17, 15) is 0 Å². The second-order valence-electron chi connectivity index (χ2n) is 6.92. The van der Waals surface area contributed by atoms with E-state index in [1.165, 1.54) is 6.42 Å². The Morgan fingerprint density at radius 2 is 1.88 bits per heavy atom. The maximum Gasteiger partial charge on any atom is 0.0483 e. The van der Waals surface area contributed by atoms with Crippen LogP contribution < -0.4 is 11.1 Å². The maximum absolute atomic E-state index is 5.87. The van der Waals surface area contributed by atoms with Gasteiger partial charge in [0.1, 0.15) is 0 Å². The van der Waals surface area contributed by atoms with Crippen LogP contribution >= 0.6 is 0 Å². The van der Waals surface area contributed by atoms with Gasteiger partial charge in [-0.05, 0) is 50.6 Å². The molecule has 0 saturated carbocycles. The molecule has 1 atom stereocenters. The number of hydrogen-bond acceptors (Lipinski definition) is 3. The molecule has 0 aromatic heterocycles. The number of ether oxygens (including phenoxy) is 1. The van der Waals surface area contributed by atoms with Crippen LogP contribution in [0.4, 0.5) is 0 Å². The molecule has 102 valence electrons. The van der Waals surface area contributed by atoms with E-state index in [1.54, 1.807) is 0 Å². The zero-order valence-corrected chi connectivity index (χ0v) is 12.0. The van der Waals surface area contributed by atoms with Gasteiger partial charge >= 0.3 is 0 Å². The molecular formula is C14H30N2O. The Labute approximate surface area is 106 Å². The molecule has 0 aromatic carbocycles. The van der Waals surface area contributed by atoms with E-state index < -0.39 is 0 Å². The van der Waals surface area contributed by atoms with E-state index in [-0.39, 0.29) is 5.54 Å². The molecule has 0 amide bonds. The Bertz CT molecular complexity index is 217. The summed E-state index contributed by atoms with van der Waals surface area (Å²) in [5.74, 6) is 0.578. The minimum Gasteiger partial charge on any atom is -0.381 e. The fourth-order valence-corrected chi connectivity index (χ4v) is 2.49. The smallest absolute Gasteiger partial charge is 0.0483 e. The second kappa shape index (κ2) is 6.17. The predicted molar refractivity (Wildman–Crippen MR) is 73.1 cm³/mol. The monoisotopic (exact) mass is 242 g/mol. The summed E-state index contributed by atoms with van der Waals surface area (Å²) in [5.41, 5.74) is 6.49. The lowest BCUT2D eigenvalue weighted by Crippen LogP contribution is -2.49. The maximum atomic E-state index is 5.87.